The second kappa shape index (κ2) is 13.4. The van der Waals surface area contributed by atoms with Crippen LogP contribution in [0.1, 0.15) is 0 Å². The molecule has 276 valence electrons. The molecule has 2 heterocycles. The first-order chi connectivity index (χ1) is 29.3. The Balaban J connectivity index is 0.990. The number of furan rings is 1. The predicted molar refractivity (Wildman–Crippen MR) is 249 cm³/mol. The zero-order valence-electron chi connectivity index (χ0n) is 32.1. The number of fused-ring (bicyclic) bond motifs is 9. The van der Waals surface area contributed by atoms with Gasteiger partial charge in [-0.15, -0.1) is 0 Å². The highest BCUT2D eigenvalue weighted by atomic mass is 16.3. The Morgan fingerprint density at radius 2 is 0.949 bits per heavy atom. The van der Waals surface area contributed by atoms with Gasteiger partial charge in [0.1, 0.15) is 11.2 Å². The first-order valence-electron chi connectivity index (χ1n) is 20.2. The molecule has 0 bridgehead atoms. The summed E-state index contributed by atoms with van der Waals surface area (Å²) in [6.07, 6.45) is 0. The minimum atomic E-state index is 0.882. The molecule has 2 aromatic heterocycles. The number of nitrogens with zero attached hydrogens (tertiary/aromatic N) is 2. The summed E-state index contributed by atoms with van der Waals surface area (Å²) in [6, 6.07) is 78.7. The van der Waals surface area contributed by atoms with Crippen LogP contribution in [0.5, 0.6) is 0 Å². The largest absolute Gasteiger partial charge is 0.455 e. The van der Waals surface area contributed by atoms with Crippen LogP contribution in [-0.2, 0) is 0 Å². The fourth-order valence-electron chi connectivity index (χ4n) is 9.22. The van der Waals surface area contributed by atoms with Crippen molar-refractivity contribution in [3.8, 4) is 27.9 Å². The summed E-state index contributed by atoms with van der Waals surface area (Å²) in [5.74, 6) is 0. The van der Waals surface area contributed by atoms with Crippen LogP contribution in [0.15, 0.2) is 223 Å². The highest BCUT2D eigenvalue weighted by Crippen LogP contribution is 2.45. The summed E-state index contributed by atoms with van der Waals surface area (Å²) in [5.41, 5.74) is 13.2. The van der Waals surface area contributed by atoms with Crippen LogP contribution in [-0.4, -0.2) is 4.57 Å². The molecule has 0 saturated carbocycles. The molecule has 0 unspecified atom stereocenters. The minimum absolute atomic E-state index is 0.882. The molecule has 0 radical (unpaired) electrons. The van der Waals surface area contributed by atoms with E-state index in [0.717, 1.165) is 66.8 Å². The van der Waals surface area contributed by atoms with Gasteiger partial charge < -0.3 is 13.9 Å². The Labute approximate surface area is 341 Å². The van der Waals surface area contributed by atoms with Crippen molar-refractivity contribution in [1.82, 2.24) is 4.57 Å². The summed E-state index contributed by atoms with van der Waals surface area (Å²) in [4.78, 5) is 2.41. The molecule has 0 saturated heterocycles. The number of hydrogen-bond donors (Lipinski definition) is 0. The number of para-hydroxylation sites is 3. The second-order valence-corrected chi connectivity index (χ2v) is 15.3. The molecule has 0 N–H and O–H groups in total. The molecule has 3 nitrogen and oxygen atoms in total. The van der Waals surface area contributed by atoms with E-state index in [1.54, 1.807) is 0 Å². The smallest absolute Gasteiger partial charge is 0.143 e. The lowest BCUT2D eigenvalue weighted by molar-refractivity contribution is 0.673. The van der Waals surface area contributed by atoms with Crippen LogP contribution in [0.25, 0.3) is 93.2 Å². The van der Waals surface area contributed by atoms with Gasteiger partial charge in [0.15, 0.2) is 0 Å². The average molecular weight is 753 g/mol. The van der Waals surface area contributed by atoms with Gasteiger partial charge in [-0.1, -0.05) is 152 Å². The molecular weight excluding hydrogens is 717 g/mol. The monoisotopic (exact) mass is 752 g/mol. The maximum absolute atomic E-state index is 6.67. The van der Waals surface area contributed by atoms with Crippen molar-refractivity contribution in [2.75, 3.05) is 4.90 Å². The molecule has 10 aromatic carbocycles. The maximum atomic E-state index is 6.67. The summed E-state index contributed by atoms with van der Waals surface area (Å²) >= 11 is 0. The van der Waals surface area contributed by atoms with E-state index in [1.807, 2.05) is 0 Å². The van der Waals surface area contributed by atoms with Gasteiger partial charge in [-0.3, -0.25) is 0 Å². The van der Waals surface area contributed by atoms with Crippen LogP contribution in [0.2, 0.25) is 0 Å². The number of anilines is 3. The topological polar surface area (TPSA) is 21.3 Å². The zero-order chi connectivity index (χ0) is 38.9. The molecule has 12 rings (SSSR count). The Morgan fingerprint density at radius 3 is 1.75 bits per heavy atom. The zero-order valence-corrected chi connectivity index (χ0v) is 32.1. The molecule has 0 aliphatic carbocycles. The Kier molecular flexibility index (Phi) is 7.54. The van der Waals surface area contributed by atoms with E-state index in [2.05, 4.69) is 228 Å². The van der Waals surface area contributed by atoms with Gasteiger partial charge in [0.2, 0.25) is 0 Å². The van der Waals surface area contributed by atoms with E-state index < -0.39 is 0 Å². The molecule has 0 fully saturated rings. The molecule has 0 aliphatic rings. The van der Waals surface area contributed by atoms with E-state index in [4.69, 9.17) is 4.42 Å². The third-order valence-electron chi connectivity index (χ3n) is 12.0. The Hall–Kier alpha value is -7.88. The van der Waals surface area contributed by atoms with Crippen LogP contribution >= 0.6 is 0 Å². The van der Waals surface area contributed by atoms with E-state index in [-0.39, 0.29) is 0 Å². The van der Waals surface area contributed by atoms with Crippen LogP contribution in [0.3, 0.4) is 0 Å². The molecular formula is C56H36N2O. The van der Waals surface area contributed by atoms with E-state index in [0.29, 0.717) is 0 Å². The number of aromatic nitrogens is 1. The van der Waals surface area contributed by atoms with Gasteiger partial charge in [0.05, 0.1) is 22.4 Å². The molecule has 3 heteroatoms. The second-order valence-electron chi connectivity index (χ2n) is 15.3. The van der Waals surface area contributed by atoms with Crippen molar-refractivity contribution in [3.63, 3.8) is 0 Å². The normalized spacial score (nSPS) is 11.7. The predicted octanol–water partition coefficient (Wildman–Crippen LogP) is 15.8. The Bertz CT molecular complexity index is 3510. The van der Waals surface area contributed by atoms with E-state index in [1.165, 1.54) is 43.5 Å². The van der Waals surface area contributed by atoms with Gasteiger partial charge in [0.25, 0.3) is 0 Å². The molecule has 0 aliphatic heterocycles. The lowest BCUT2D eigenvalue weighted by Gasteiger charge is -2.29. The number of benzene rings is 10. The van der Waals surface area contributed by atoms with Crippen molar-refractivity contribution in [2.24, 2.45) is 0 Å². The summed E-state index contributed by atoms with van der Waals surface area (Å²) < 4.78 is 9.05. The standard InChI is InChI=1S/C56H36N2O/c1-3-18-44-38(13-1)15-12-26-52(44)57(51-23-8-5-19-45(51)41-30-33-49-50-34-29-39-14-2-4-20-46(39)56(50)59-55(49)36-41)42-31-27-37(28-32-42)40-16-11-17-43(35-40)58-53-24-9-6-21-47(53)48-22-7-10-25-54(48)58/h1-36H. The van der Waals surface area contributed by atoms with Gasteiger partial charge in [-0.25, -0.2) is 0 Å². The molecule has 59 heavy (non-hydrogen) atoms. The number of hydrogen-bond acceptors (Lipinski definition) is 2. The van der Waals surface area contributed by atoms with E-state index in [9.17, 15) is 0 Å². The average Bonchev–Trinajstić information content (AvgIpc) is 3.85. The number of rotatable bonds is 6. The highest BCUT2D eigenvalue weighted by molar-refractivity contribution is 6.15. The quantitative estimate of drug-likeness (QED) is 0.169. The van der Waals surface area contributed by atoms with Crippen molar-refractivity contribution in [2.45, 2.75) is 0 Å². The lowest BCUT2D eigenvalue weighted by Crippen LogP contribution is -2.11. The molecule has 0 atom stereocenters. The highest BCUT2D eigenvalue weighted by Gasteiger charge is 2.21. The Morgan fingerprint density at radius 1 is 0.356 bits per heavy atom. The van der Waals surface area contributed by atoms with Gasteiger partial charge in [-0.05, 0) is 94.2 Å². The minimum Gasteiger partial charge on any atom is -0.455 e. The van der Waals surface area contributed by atoms with Gasteiger partial charge in [0, 0.05) is 49.3 Å². The first kappa shape index (κ1) is 33.3. The van der Waals surface area contributed by atoms with Crippen molar-refractivity contribution in [1.29, 1.82) is 0 Å². The van der Waals surface area contributed by atoms with Crippen molar-refractivity contribution < 1.29 is 4.42 Å². The summed E-state index contributed by atoms with van der Waals surface area (Å²) in [7, 11) is 0. The van der Waals surface area contributed by atoms with Crippen LogP contribution in [0.4, 0.5) is 17.1 Å². The molecule has 12 aromatic rings. The van der Waals surface area contributed by atoms with E-state index >= 15 is 0 Å². The molecule has 0 amide bonds. The van der Waals surface area contributed by atoms with Crippen molar-refractivity contribution in [3.05, 3.63) is 218 Å². The third-order valence-corrected chi connectivity index (χ3v) is 12.0. The van der Waals surface area contributed by atoms with Gasteiger partial charge >= 0.3 is 0 Å². The van der Waals surface area contributed by atoms with Crippen LogP contribution in [0, 0.1) is 0 Å². The van der Waals surface area contributed by atoms with Crippen LogP contribution < -0.4 is 4.90 Å². The fraction of sp³-hybridized carbons (Fsp3) is 0. The first-order valence-corrected chi connectivity index (χ1v) is 20.2. The summed E-state index contributed by atoms with van der Waals surface area (Å²) in [6.45, 7) is 0. The lowest BCUT2D eigenvalue weighted by atomic mass is 9.98. The summed E-state index contributed by atoms with van der Waals surface area (Å²) in [5, 5.41) is 9.47. The van der Waals surface area contributed by atoms with Gasteiger partial charge in [-0.2, -0.15) is 0 Å². The maximum Gasteiger partial charge on any atom is 0.143 e. The fourth-order valence-corrected chi connectivity index (χ4v) is 9.22. The SMILES string of the molecule is c1cc(-c2ccc(N(c3ccccc3-c3ccc4c(c3)oc3c5ccccc5ccc43)c3cccc4ccccc34)cc2)cc(-n2c3ccccc3c3ccccc32)c1. The van der Waals surface area contributed by atoms with Crippen molar-refractivity contribution >= 4 is 82.4 Å². The third kappa shape index (κ3) is 5.36. The molecule has 0 spiro atoms.